The summed E-state index contributed by atoms with van der Waals surface area (Å²) in [6, 6.07) is 12.3. The van der Waals surface area contributed by atoms with E-state index in [9.17, 15) is 0 Å². The fourth-order valence-electron chi connectivity index (χ4n) is 2.83. The molecule has 6 nitrogen and oxygen atoms in total. The summed E-state index contributed by atoms with van der Waals surface area (Å²) in [5.41, 5.74) is 5.51. The van der Waals surface area contributed by atoms with Gasteiger partial charge in [-0.05, 0) is 70.5 Å². The van der Waals surface area contributed by atoms with Crippen LogP contribution < -0.4 is 9.60 Å². The lowest BCUT2D eigenvalue weighted by Crippen LogP contribution is -2.09. The molecule has 2 aromatic heterocycles. The number of aryl methyl sites for hydroxylation is 3. The minimum absolute atomic E-state index is 0.746. The summed E-state index contributed by atoms with van der Waals surface area (Å²) in [5, 5.41) is 17.4. The highest BCUT2D eigenvalue weighted by Gasteiger charge is 2.03. The summed E-state index contributed by atoms with van der Waals surface area (Å²) >= 11 is 9.20. The molecule has 0 fully saturated rings. The molecule has 0 bridgehead atoms. The molecule has 0 spiro atoms. The minimum atomic E-state index is 0.746. The number of nitrogens with zero attached hydrogens (tertiary/aromatic N) is 6. The molecule has 0 N–H and O–H groups in total. The van der Waals surface area contributed by atoms with Crippen LogP contribution in [0.1, 0.15) is 33.3 Å². The van der Waals surface area contributed by atoms with Crippen molar-refractivity contribution in [2.45, 2.75) is 34.6 Å². The largest absolute Gasteiger partial charge is 0.318 e. The van der Waals surface area contributed by atoms with Crippen molar-refractivity contribution >= 4 is 66.1 Å². The molecular formula is C23H27ClN6S2. The van der Waals surface area contributed by atoms with E-state index in [0.29, 0.717) is 0 Å². The van der Waals surface area contributed by atoms with Gasteiger partial charge in [-0.1, -0.05) is 40.3 Å². The molecule has 32 heavy (non-hydrogen) atoms. The Morgan fingerprint density at radius 1 is 0.750 bits per heavy atom. The van der Waals surface area contributed by atoms with E-state index in [1.807, 2.05) is 64.6 Å². The number of aromatic nitrogens is 2. The minimum Gasteiger partial charge on any atom is -0.318 e. The standard InChI is InChI=1S/C12H15N3S.C11H12ClN3S/c1-8(2)13-14-12-15(4)10-6-5-9(3)7-11(10)16-12;1-7(2)13-14-11-15(3)9-5-4-8(12)6-10(9)16-11/h5-7H,1-4H3;4-6H,1-3H3. The predicted octanol–water partition coefficient (Wildman–Crippen LogP) is 6.03. The second-order valence-electron chi connectivity index (χ2n) is 7.76. The van der Waals surface area contributed by atoms with Crippen LogP contribution in [0.15, 0.2) is 56.8 Å². The zero-order valence-electron chi connectivity index (χ0n) is 19.3. The van der Waals surface area contributed by atoms with E-state index in [4.69, 9.17) is 11.6 Å². The molecule has 0 saturated heterocycles. The van der Waals surface area contributed by atoms with Crippen LogP contribution in [0.5, 0.6) is 0 Å². The Balaban J connectivity index is 0.000000181. The van der Waals surface area contributed by atoms with Crippen LogP contribution in [0.2, 0.25) is 5.02 Å². The lowest BCUT2D eigenvalue weighted by Gasteiger charge is -1.95. The molecule has 9 heteroatoms. The number of thiazole rings is 2. The zero-order valence-corrected chi connectivity index (χ0v) is 21.7. The van der Waals surface area contributed by atoms with Gasteiger partial charge in [0.25, 0.3) is 0 Å². The highest BCUT2D eigenvalue weighted by Crippen LogP contribution is 2.21. The average Bonchev–Trinajstić information content (AvgIpc) is 3.21. The van der Waals surface area contributed by atoms with Crippen LogP contribution in [-0.4, -0.2) is 20.6 Å². The molecule has 168 valence electrons. The third-order valence-corrected chi connectivity index (χ3v) is 6.81. The number of halogens is 1. The molecule has 0 unspecified atom stereocenters. The van der Waals surface area contributed by atoms with Crippen LogP contribution in [0.3, 0.4) is 0 Å². The maximum Gasteiger partial charge on any atom is 0.211 e. The third kappa shape index (κ3) is 5.82. The third-order valence-electron chi connectivity index (χ3n) is 4.41. The van der Waals surface area contributed by atoms with Crippen LogP contribution in [-0.2, 0) is 14.1 Å². The smallest absolute Gasteiger partial charge is 0.211 e. The Hall–Kier alpha value is -2.55. The van der Waals surface area contributed by atoms with Crippen LogP contribution >= 0.6 is 34.3 Å². The lowest BCUT2D eigenvalue weighted by atomic mass is 10.2. The molecule has 4 aromatic rings. The Morgan fingerprint density at radius 2 is 1.22 bits per heavy atom. The maximum absolute atomic E-state index is 5.95. The van der Waals surface area contributed by atoms with Crippen molar-refractivity contribution in [3.8, 4) is 0 Å². The van der Waals surface area contributed by atoms with Gasteiger partial charge < -0.3 is 9.13 Å². The Labute approximate surface area is 200 Å². The summed E-state index contributed by atoms with van der Waals surface area (Å²) in [7, 11) is 4.00. The first kappa shape index (κ1) is 24.1. The van der Waals surface area contributed by atoms with Crippen LogP contribution in [0.4, 0.5) is 0 Å². The number of rotatable bonds is 2. The Kier molecular flexibility index (Phi) is 7.82. The Bertz CT molecular complexity index is 1340. The summed E-state index contributed by atoms with van der Waals surface area (Å²) in [6.07, 6.45) is 0. The van der Waals surface area contributed by atoms with Crippen molar-refractivity contribution < 1.29 is 0 Å². The molecule has 0 aliphatic heterocycles. The second kappa shape index (κ2) is 10.4. The highest BCUT2D eigenvalue weighted by molar-refractivity contribution is 7.16. The van der Waals surface area contributed by atoms with Crippen molar-refractivity contribution in [1.29, 1.82) is 0 Å². The van der Waals surface area contributed by atoms with Crippen molar-refractivity contribution in [3.63, 3.8) is 0 Å². The first-order valence-corrected chi connectivity index (χ1v) is 12.1. The van der Waals surface area contributed by atoms with Crippen molar-refractivity contribution in [1.82, 2.24) is 9.13 Å². The first-order chi connectivity index (χ1) is 15.2. The Morgan fingerprint density at radius 3 is 1.72 bits per heavy atom. The number of benzene rings is 2. The zero-order chi connectivity index (χ0) is 23.4. The average molecular weight is 487 g/mol. The quantitative estimate of drug-likeness (QED) is 0.245. The SMILES string of the molecule is CC(C)=NN=c1sc2cc(C)ccc2n1C.CC(C)=NN=c1sc2cc(Cl)ccc2n1C. The van der Waals surface area contributed by atoms with E-state index < -0.39 is 0 Å². The molecule has 2 aromatic carbocycles. The monoisotopic (exact) mass is 486 g/mol. The molecule has 0 amide bonds. The van der Waals surface area contributed by atoms with Crippen molar-refractivity contribution in [3.05, 3.63) is 56.6 Å². The molecule has 0 atom stereocenters. The van der Waals surface area contributed by atoms with Crippen molar-refractivity contribution in [2.24, 2.45) is 34.5 Å². The molecular weight excluding hydrogens is 460 g/mol. The van der Waals surface area contributed by atoms with Gasteiger partial charge in [0.15, 0.2) is 0 Å². The number of fused-ring (bicyclic) bond motifs is 2. The highest BCUT2D eigenvalue weighted by atomic mass is 35.5. The molecule has 0 aliphatic carbocycles. The van der Waals surface area contributed by atoms with E-state index in [-0.39, 0.29) is 0 Å². The van der Waals surface area contributed by atoms with Gasteiger partial charge in [0.05, 0.1) is 20.4 Å². The fraction of sp³-hybridized carbons (Fsp3) is 0.304. The summed E-state index contributed by atoms with van der Waals surface area (Å²) < 4.78 is 6.47. The fourth-order valence-corrected chi connectivity index (χ4v) is 5.14. The van der Waals surface area contributed by atoms with E-state index in [0.717, 1.165) is 36.3 Å². The van der Waals surface area contributed by atoms with Gasteiger partial charge in [-0.2, -0.15) is 10.2 Å². The lowest BCUT2D eigenvalue weighted by molar-refractivity contribution is 0.887. The summed E-state index contributed by atoms with van der Waals surface area (Å²) in [5.74, 6) is 0. The molecule has 0 radical (unpaired) electrons. The van der Waals surface area contributed by atoms with E-state index in [1.54, 1.807) is 22.7 Å². The van der Waals surface area contributed by atoms with Gasteiger partial charge >= 0.3 is 0 Å². The van der Waals surface area contributed by atoms with Gasteiger partial charge in [-0.3, -0.25) is 0 Å². The van der Waals surface area contributed by atoms with Gasteiger partial charge in [-0.15, -0.1) is 10.2 Å². The van der Waals surface area contributed by atoms with Gasteiger partial charge in [0.2, 0.25) is 9.60 Å². The van der Waals surface area contributed by atoms with E-state index in [2.05, 4.69) is 50.1 Å². The van der Waals surface area contributed by atoms with Crippen LogP contribution in [0.25, 0.3) is 20.4 Å². The summed E-state index contributed by atoms with van der Waals surface area (Å²) in [4.78, 5) is 1.81. The molecule has 0 aliphatic rings. The van der Waals surface area contributed by atoms with Gasteiger partial charge in [0, 0.05) is 30.5 Å². The number of hydrogen-bond donors (Lipinski definition) is 0. The van der Waals surface area contributed by atoms with Crippen molar-refractivity contribution in [2.75, 3.05) is 0 Å². The molecule has 2 heterocycles. The first-order valence-electron chi connectivity index (χ1n) is 10.1. The van der Waals surface area contributed by atoms with Gasteiger partial charge in [0.1, 0.15) is 0 Å². The van der Waals surface area contributed by atoms with E-state index in [1.165, 1.54) is 15.8 Å². The molecule has 4 rings (SSSR count). The summed E-state index contributed by atoms with van der Waals surface area (Å²) in [6.45, 7) is 9.84. The normalized spacial score (nSPS) is 12.1. The number of hydrogen-bond acceptors (Lipinski definition) is 6. The van der Waals surface area contributed by atoms with Crippen LogP contribution in [0, 0.1) is 6.92 Å². The predicted molar refractivity (Wildman–Crippen MR) is 140 cm³/mol. The van der Waals surface area contributed by atoms with Gasteiger partial charge in [-0.25, -0.2) is 0 Å². The van der Waals surface area contributed by atoms with E-state index >= 15 is 0 Å². The topological polar surface area (TPSA) is 59.3 Å². The molecule has 0 saturated carbocycles. The second-order valence-corrected chi connectivity index (χ2v) is 10.2. The maximum atomic E-state index is 5.95.